The van der Waals surface area contributed by atoms with Crippen molar-refractivity contribution in [3.63, 3.8) is 0 Å². The molecule has 2 aliphatic heterocycles. The average molecular weight is 382 g/mol. The Morgan fingerprint density at radius 1 is 1.37 bits per heavy atom. The summed E-state index contributed by atoms with van der Waals surface area (Å²) in [4.78, 5) is 14.5. The number of hydrogen-bond donors (Lipinski definition) is 1. The molecule has 3 atom stereocenters. The van der Waals surface area contributed by atoms with Crippen molar-refractivity contribution in [1.29, 1.82) is 0 Å². The van der Waals surface area contributed by atoms with Crippen LogP contribution < -0.4 is 5.32 Å². The third-order valence-electron chi connectivity index (χ3n) is 5.29. The number of hydrogen-bond acceptors (Lipinski definition) is 4. The van der Waals surface area contributed by atoms with Gasteiger partial charge in [0.2, 0.25) is 0 Å². The van der Waals surface area contributed by atoms with Gasteiger partial charge in [-0.2, -0.15) is 23.4 Å². The lowest BCUT2D eigenvalue weighted by molar-refractivity contribution is -0.173. The first-order chi connectivity index (χ1) is 12.8. The minimum Gasteiger partial charge on any atom is -0.368 e. The van der Waals surface area contributed by atoms with Crippen LogP contribution in [0.4, 0.5) is 19.0 Å². The summed E-state index contributed by atoms with van der Waals surface area (Å²) in [6, 6.07) is 0.994. The molecule has 2 aliphatic rings. The second-order valence-corrected chi connectivity index (χ2v) is 7.23. The number of nitrogens with zero attached hydrogens (tertiary/aromatic N) is 5. The van der Waals surface area contributed by atoms with Gasteiger partial charge in [-0.3, -0.25) is 9.48 Å². The Kier molecular flexibility index (Phi) is 4.15. The lowest BCUT2D eigenvalue weighted by atomic mass is 10.1. The molecular formula is C17H21F3N6O. The van der Waals surface area contributed by atoms with Crippen LogP contribution in [0.25, 0.3) is 0 Å². The molecule has 0 bridgehead atoms. The molecule has 146 valence electrons. The van der Waals surface area contributed by atoms with Gasteiger partial charge in [-0.1, -0.05) is 0 Å². The number of likely N-dealkylation sites (tertiary alicyclic amines) is 1. The first-order valence-corrected chi connectivity index (χ1v) is 8.97. The number of carbonyl (C=O) groups excluding carboxylic acids is 1. The van der Waals surface area contributed by atoms with Crippen molar-refractivity contribution in [2.75, 3.05) is 11.9 Å². The highest BCUT2D eigenvalue weighted by Gasteiger charge is 2.46. The second kappa shape index (κ2) is 6.28. The fraction of sp³-hybridized carbons (Fsp3) is 0.588. The van der Waals surface area contributed by atoms with Crippen LogP contribution in [-0.4, -0.2) is 49.1 Å². The Hall–Kier alpha value is -2.52. The predicted molar refractivity (Wildman–Crippen MR) is 91.2 cm³/mol. The summed E-state index contributed by atoms with van der Waals surface area (Å²) in [7, 11) is 1.69. The van der Waals surface area contributed by atoms with Crippen LogP contribution in [0.5, 0.6) is 0 Å². The molecule has 1 saturated heterocycles. The minimum atomic E-state index is -4.37. The highest BCUT2D eigenvalue weighted by molar-refractivity contribution is 5.93. The molecule has 10 heteroatoms. The lowest BCUT2D eigenvalue weighted by Gasteiger charge is -2.31. The van der Waals surface area contributed by atoms with Crippen molar-refractivity contribution in [2.45, 2.75) is 50.5 Å². The maximum absolute atomic E-state index is 13.5. The number of anilines is 1. The number of halogens is 3. The number of amides is 1. The van der Waals surface area contributed by atoms with Crippen molar-refractivity contribution in [3.8, 4) is 0 Å². The smallest absolute Gasteiger partial charge is 0.368 e. The molecular weight excluding hydrogens is 361 g/mol. The van der Waals surface area contributed by atoms with E-state index in [-0.39, 0.29) is 24.4 Å². The van der Waals surface area contributed by atoms with Crippen LogP contribution >= 0.6 is 0 Å². The van der Waals surface area contributed by atoms with Gasteiger partial charge in [0.1, 0.15) is 11.5 Å². The Balaban J connectivity index is 1.66. The quantitative estimate of drug-likeness (QED) is 0.867. The first-order valence-electron chi connectivity index (χ1n) is 8.97. The van der Waals surface area contributed by atoms with E-state index in [2.05, 4.69) is 15.5 Å². The van der Waals surface area contributed by atoms with Crippen molar-refractivity contribution in [3.05, 3.63) is 29.7 Å². The summed E-state index contributed by atoms with van der Waals surface area (Å²) >= 11 is 0. The molecule has 1 N–H and O–H groups in total. The molecule has 1 fully saturated rings. The summed E-state index contributed by atoms with van der Waals surface area (Å²) in [6.07, 6.45) is -1.43. The fourth-order valence-corrected chi connectivity index (χ4v) is 3.99. The normalized spacial score (nSPS) is 25.4. The number of carbonyl (C=O) groups is 1. The van der Waals surface area contributed by atoms with Crippen molar-refractivity contribution in [1.82, 2.24) is 24.5 Å². The van der Waals surface area contributed by atoms with E-state index in [1.54, 1.807) is 37.2 Å². The predicted octanol–water partition coefficient (Wildman–Crippen LogP) is 2.90. The van der Waals surface area contributed by atoms with Gasteiger partial charge in [0.15, 0.2) is 6.04 Å². The molecule has 0 radical (unpaired) electrons. The van der Waals surface area contributed by atoms with E-state index in [4.69, 9.17) is 0 Å². The summed E-state index contributed by atoms with van der Waals surface area (Å²) in [5.41, 5.74) is 0.944. The second-order valence-electron chi connectivity index (χ2n) is 7.23. The van der Waals surface area contributed by atoms with Crippen LogP contribution in [0.3, 0.4) is 0 Å². The maximum Gasteiger partial charge on any atom is 0.410 e. The standard InChI is InChI=1S/C17H21F3N6O/c1-10-8-14(17(18,19)20)26-15(22-10)9-11(23-26)12-4-3-7-25(12)16(27)13-5-6-21-24(13)2/h5-6,9-10,12,14,22H,3-4,7-8H2,1-2H3/t10-,12-,14-/m1/s1. The molecule has 27 heavy (non-hydrogen) atoms. The van der Waals surface area contributed by atoms with Crippen molar-refractivity contribution in [2.24, 2.45) is 7.05 Å². The molecule has 0 aliphatic carbocycles. The maximum atomic E-state index is 13.5. The minimum absolute atomic E-state index is 0.0695. The number of nitrogens with one attached hydrogen (secondary N) is 1. The molecule has 4 rings (SSSR count). The lowest BCUT2D eigenvalue weighted by Crippen LogP contribution is -2.38. The number of aromatic nitrogens is 4. The van der Waals surface area contributed by atoms with Gasteiger partial charge in [-0.25, -0.2) is 4.68 Å². The summed E-state index contributed by atoms with van der Waals surface area (Å²) in [6.45, 7) is 2.27. The van der Waals surface area contributed by atoms with E-state index in [0.29, 0.717) is 30.2 Å². The van der Waals surface area contributed by atoms with Gasteiger partial charge in [0.25, 0.3) is 5.91 Å². The van der Waals surface area contributed by atoms with Gasteiger partial charge in [0, 0.05) is 31.9 Å². The van der Waals surface area contributed by atoms with E-state index in [1.165, 1.54) is 4.68 Å². The summed E-state index contributed by atoms with van der Waals surface area (Å²) in [5.74, 6) is 0.170. The van der Waals surface area contributed by atoms with Gasteiger partial charge in [-0.15, -0.1) is 0 Å². The molecule has 0 saturated carbocycles. The zero-order chi connectivity index (χ0) is 19.3. The molecule has 0 spiro atoms. The molecule has 2 aromatic rings. The molecule has 2 aromatic heterocycles. The Morgan fingerprint density at radius 3 is 2.81 bits per heavy atom. The highest BCUT2D eigenvalue weighted by atomic mass is 19.4. The van der Waals surface area contributed by atoms with Crippen molar-refractivity contribution < 1.29 is 18.0 Å². The van der Waals surface area contributed by atoms with Crippen LogP contribution in [0, 0.1) is 0 Å². The molecule has 7 nitrogen and oxygen atoms in total. The topological polar surface area (TPSA) is 68.0 Å². The summed E-state index contributed by atoms with van der Waals surface area (Å²) in [5, 5.41) is 11.4. The van der Waals surface area contributed by atoms with E-state index >= 15 is 0 Å². The van der Waals surface area contributed by atoms with Crippen LogP contribution in [0.2, 0.25) is 0 Å². The molecule has 1 amide bonds. The number of alkyl halides is 3. The fourth-order valence-electron chi connectivity index (χ4n) is 3.99. The van der Waals surface area contributed by atoms with Crippen LogP contribution in [0.1, 0.15) is 54.5 Å². The SMILES string of the molecule is C[C@@H]1C[C@H](C(F)(F)F)n2nc([C@H]3CCCN3C(=O)c3ccnn3C)cc2N1. The van der Waals surface area contributed by atoms with Gasteiger partial charge >= 0.3 is 6.18 Å². The number of aryl methyl sites for hydroxylation is 1. The van der Waals surface area contributed by atoms with E-state index in [1.807, 2.05) is 0 Å². The van der Waals surface area contributed by atoms with E-state index in [0.717, 1.165) is 11.1 Å². The van der Waals surface area contributed by atoms with E-state index < -0.39 is 12.2 Å². The zero-order valence-corrected chi connectivity index (χ0v) is 15.1. The van der Waals surface area contributed by atoms with Gasteiger partial charge in [-0.05, 0) is 32.3 Å². The van der Waals surface area contributed by atoms with Gasteiger partial charge in [0.05, 0.1) is 11.7 Å². The molecule has 0 unspecified atom stereocenters. The van der Waals surface area contributed by atoms with Crippen LogP contribution in [0.15, 0.2) is 18.3 Å². The number of rotatable bonds is 2. The number of fused-ring (bicyclic) bond motifs is 1. The Labute approximate surface area is 154 Å². The molecule has 4 heterocycles. The largest absolute Gasteiger partial charge is 0.410 e. The highest BCUT2D eigenvalue weighted by Crippen LogP contribution is 2.41. The Bertz CT molecular complexity index is 857. The third kappa shape index (κ3) is 3.06. The zero-order valence-electron chi connectivity index (χ0n) is 15.1. The summed E-state index contributed by atoms with van der Waals surface area (Å²) < 4.78 is 42.9. The Morgan fingerprint density at radius 2 is 2.15 bits per heavy atom. The van der Waals surface area contributed by atoms with Crippen molar-refractivity contribution >= 4 is 11.7 Å². The first kappa shape index (κ1) is 17.9. The monoisotopic (exact) mass is 382 g/mol. The van der Waals surface area contributed by atoms with E-state index in [9.17, 15) is 18.0 Å². The third-order valence-corrected chi connectivity index (χ3v) is 5.29. The van der Waals surface area contributed by atoms with Gasteiger partial charge < -0.3 is 10.2 Å². The molecule has 0 aromatic carbocycles. The van der Waals surface area contributed by atoms with Crippen LogP contribution in [-0.2, 0) is 7.05 Å². The average Bonchev–Trinajstić information content (AvgIpc) is 3.30.